The van der Waals surface area contributed by atoms with Gasteiger partial charge in [0.25, 0.3) is 5.91 Å². The molecule has 10 heteroatoms. The molecule has 1 aromatic heterocycles. The van der Waals surface area contributed by atoms with Crippen molar-refractivity contribution in [3.8, 4) is 0 Å². The highest BCUT2D eigenvalue weighted by Gasteiger charge is 2.37. The number of carbonyl (C=O) groups is 3. The molecule has 2 heterocycles. The standard InChI is InChI=1S/C18H19N5O4S/c1-2-27-17(26)13-9-14(23(22-13)12-6-4-3-5-7-12)16(25)21-18-20-11(10-28-18)8-15(19)24/h3-7,10,14H,2,8-9H2,1H3,(H2,19,24)(H,20,21,25). The molecule has 3 rings (SSSR count). The summed E-state index contributed by atoms with van der Waals surface area (Å²) in [6.07, 6.45) is 0.112. The SMILES string of the molecule is CCOC(=O)C1=NN(c2ccccc2)C(C(=O)Nc2nc(CC(N)=O)cs2)C1. The van der Waals surface area contributed by atoms with Gasteiger partial charge in [-0.05, 0) is 19.1 Å². The number of para-hydroxylation sites is 1. The number of hydrazone groups is 1. The van der Waals surface area contributed by atoms with Crippen molar-refractivity contribution in [3.05, 3.63) is 41.4 Å². The molecule has 1 aliphatic heterocycles. The van der Waals surface area contributed by atoms with Crippen molar-refractivity contribution in [1.82, 2.24) is 4.98 Å². The van der Waals surface area contributed by atoms with E-state index in [4.69, 9.17) is 10.5 Å². The maximum atomic E-state index is 12.9. The molecule has 1 aliphatic rings. The first-order valence-electron chi connectivity index (χ1n) is 8.60. The van der Waals surface area contributed by atoms with Crippen LogP contribution in [0.1, 0.15) is 19.0 Å². The number of aromatic nitrogens is 1. The predicted molar refractivity (Wildman–Crippen MR) is 105 cm³/mol. The van der Waals surface area contributed by atoms with Crippen molar-refractivity contribution < 1.29 is 19.1 Å². The number of rotatable bonds is 7. The van der Waals surface area contributed by atoms with E-state index in [1.807, 2.05) is 18.2 Å². The largest absolute Gasteiger partial charge is 0.461 e. The molecule has 28 heavy (non-hydrogen) atoms. The number of anilines is 2. The summed E-state index contributed by atoms with van der Waals surface area (Å²) >= 11 is 1.19. The number of carbonyl (C=O) groups excluding carboxylic acids is 3. The first-order chi connectivity index (χ1) is 13.5. The Kier molecular flexibility index (Phi) is 5.99. The molecule has 3 N–H and O–H groups in total. The van der Waals surface area contributed by atoms with E-state index in [1.54, 1.807) is 24.4 Å². The Morgan fingerprint density at radius 1 is 1.32 bits per heavy atom. The molecule has 0 fully saturated rings. The number of nitrogens with zero attached hydrogens (tertiary/aromatic N) is 3. The molecule has 0 saturated carbocycles. The van der Waals surface area contributed by atoms with Crippen LogP contribution < -0.4 is 16.1 Å². The van der Waals surface area contributed by atoms with Gasteiger partial charge in [-0.3, -0.25) is 14.6 Å². The molecule has 2 amide bonds. The van der Waals surface area contributed by atoms with Gasteiger partial charge in [-0.15, -0.1) is 11.3 Å². The van der Waals surface area contributed by atoms with Gasteiger partial charge in [0.05, 0.1) is 24.4 Å². The van der Waals surface area contributed by atoms with E-state index in [0.717, 1.165) is 0 Å². The van der Waals surface area contributed by atoms with Crippen molar-refractivity contribution in [1.29, 1.82) is 0 Å². The number of esters is 1. The fraction of sp³-hybridized carbons (Fsp3) is 0.278. The predicted octanol–water partition coefficient (Wildman–Crippen LogP) is 1.31. The summed E-state index contributed by atoms with van der Waals surface area (Å²) in [5.41, 5.74) is 6.50. The zero-order valence-corrected chi connectivity index (χ0v) is 15.9. The molecule has 9 nitrogen and oxygen atoms in total. The number of thiazole rings is 1. The summed E-state index contributed by atoms with van der Waals surface area (Å²) in [7, 11) is 0. The Balaban J connectivity index is 1.78. The third-order valence-corrected chi connectivity index (χ3v) is 4.69. The summed E-state index contributed by atoms with van der Waals surface area (Å²) < 4.78 is 5.01. The first-order valence-corrected chi connectivity index (χ1v) is 9.48. The highest BCUT2D eigenvalue weighted by Crippen LogP contribution is 2.26. The minimum atomic E-state index is -0.731. The summed E-state index contributed by atoms with van der Waals surface area (Å²) in [6, 6.07) is 8.35. The second-order valence-corrected chi connectivity index (χ2v) is 6.80. The lowest BCUT2D eigenvalue weighted by Gasteiger charge is -2.22. The van der Waals surface area contributed by atoms with Crippen LogP contribution in [-0.2, 0) is 25.5 Å². The van der Waals surface area contributed by atoms with Gasteiger partial charge in [0, 0.05) is 11.8 Å². The number of hydrogen-bond donors (Lipinski definition) is 2. The lowest BCUT2D eigenvalue weighted by Crippen LogP contribution is -2.38. The molecule has 2 aromatic rings. The molecular formula is C18H19N5O4S. The van der Waals surface area contributed by atoms with Gasteiger partial charge in [0.2, 0.25) is 5.91 Å². The highest BCUT2D eigenvalue weighted by atomic mass is 32.1. The number of ether oxygens (including phenoxy) is 1. The zero-order chi connectivity index (χ0) is 20.1. The van der Waals surface area contributed by atoms with E-state index in [-0.39, 0.29) is 31.1 Å². The smallest absolute Gasteiger partial charge is 0.354 e. The van der Waals surface area contributed by atoms with E-state index >= 15 is 0 Å². The van der Waals surface area contributed by atoms with E-state index in [2.05, 4.69) is 15.4 Å². The number of benzene rings is 1. The Labute approximate surface area is 165 Å². The molecule has 0 aliphatic carbocycles. The number of amides is 2. The fourth-order valence-corrected chi connectivity index (χ4v) is 3.40. The van der Waals surface area contributed by atoms with Gasteiger partial charge < -0.3 is 15.8 Å². The van der Waals surface area contributed by atoms with Gasteiger partial charge in [-0.25, -0.2) is 9.78 Å². The van der Waals surface area contributed by atoms with Crippen molar-refractivity contribution >= 4 is 45.7 Å². The van der Waals surface area contributed by atoms with Gasteiger partial charge in [0.1, 0.15) is 11.8 Å². The number of primary amides is 1. The topological polar surface area (TPSA) is 127 Å². The van der Waals surface area contributed by atoms with E-state index in [9.17, 15) is 14.4 Å². The molecule has 0 spiro atoms. The molecule has 0 saturated heterocycles. The zero-order valence-electron chi connectivity index (χ0n) is 15.1. The number of hydrogen-bond acceptors (Lipinski definition) is 8. The van der Waals surface area contributed by atoms with Gasteiger partial charge in [-0.1, -0.05) is 18.2 Å². The molecule has 146 valence electrons. The van der Waals surface area contributed by atoms with Crippen LogP contribution in [-0.4, -0.2) is 41.1 Å². The summed E-state index contributed by atoms with van der Waals surface area (Å²) in [4.78, 5) is 40.1. The fourth-order valence-electron chi connectivity index (χ4n) is 2.68. The van der Waals surface area contributed by atoms with Crippen LogP contribution in [0.15, 0.2) is 40.8 Å². The second-order valence-electron chi connectivity index (χ2n) is 5.94. The monoisotopic (exact) mass is 401 g/mol. The molecule has 1 atom stereocenters. The van der Waals surface area contributed by atoms with Crippen LogP contribution in [0.3, 0.4) is 0 Å². The Hall–Kier alpha value is -3.27. The summed E-state index contributed by atoms with van der Waals surface area (Å²) in [5, 5.41) is 10.5. The molecule has 1 unspecified atom stereocenters. The third kappa shape index (κ3) is 4.52. The Bertz CT molecular complexity index is 912. The normalized spacial score (nSPS) is 15.8. The molecule has 0 radical (unpaired) electrons. The van der Waals surface area contributed by atoms with Crippen molar-refractivity contribution in [3.63, 3.8) is 0 Å². The van der Waals surface area contributed by atoms with Crippen LogP contribution in [0, 0.1) is 0 Å². The van der Waals surface area contributed by atoms with Crippen LogP contribution >= 0.6 is 11.3 Å². The summed E-state index contributed by atoms with van der Waals surface area (Å²) in [6.45, 7) is 1.93. The van der Waals surface area contributed by atoms with Crippen LogP contribution in [0.4, 0.5) is 10.8 Å². The van der Waals surface area contributed by atoms with E-state index in [1.165, 1.54) is 16.3 Å². The average molecular weight is 401 g/mol. The highest BCUT2D eigenvalue weighted by molar-refractivity contribution is 7.14. The minimum absolute atomic E-state index is 0.00204. The van der Waals surface area contributed by atoms with Gasteiger partial charge in [-0.2, -0.15) is 5.10 Å². The number of nitrogens with two attached hydrogens (primary N) is 1. The van der Waals surface area contributed by atoms with Crippen LogP contribution in [0.5, 0.6) is 0 Å². The van der Waals surface area contributed by atoms with Crippen molar-refractivity contribution in [2.24, 2.45) is 10.8 Å². The first kappa shape index (κ1) is 19.5. The van der Waals surface area contributed by atoms with Gasteiger partial charge in [0.15, 0.2) is 5.13 Å². The maximum Gasteiger partial charge on any atom is 0.354 e. The molecule has 0 bridgehead atoms. The van der Waals surface area contributed by atoms with E-state index in [0.29, 0.717) is 16.5 Å². The van der Waals surface area contributed by atoms with Crippen molar-refractivity contribution in [2.45, 2.75) is 25.8 Å². The van der Waals surface area contributed by atoms with Crippen LogP contribution in [0.2, 0.25) is 0 Å². The lowest BCUT2D eigenvalue weighted by molar-refractivity contribution is -0.135. The van der Waals surface area contributed by atoms with Gasteiger partial charge >= 0.3 is 5.97 Å². The third-order valence-electron chi connectivity index (χ3n) is 3.88. The second kappa shape index (κ2) is 8.61. The van der Waals surface area contributed by atoms with Crippen LogP contribution in [0.25, 0.3) is 0 Å². The lowest BCUT2D eigenvalue weighted by atomic mass is 10.1. The Morgan fingerprint density at radius 2 is 2.07 bits per heavy atom. The maximum absolute atomic E-state index is 12.9. The molecule has 1 aromatic carbocycles. The number of nitrogens with one attached hydrogen (secondary N) is 1. The molecular weight excluding hydrogens is 382 g/mol. The van der Waals surface area contributed by atoms with E-state index < -0.39 is 17.9 Å². The van der Waals surface area contributed by atoms with Crippen molar-refractivity contribution in [2.75, 3.05) is 16.9 Å². The summed E-state index contributed by atoms with van der Waals surface area (Å²) in [5.74, 6) is -1.41. The average Bonchev–Trinajstić information content (AvgIpc) is 3.29. The minimum Gasteiger partial charge on any atom is -0.461 e. The quantitative estimate of drug-likeness (QED) is 0.674. The Morgan fingerprint density at radius 3 is 2.75 bits per heavy atom.